The van der Waals surface area contributed by atoms with Gasteiger partial charge in [-0.15, -0.1) is 11.3 Å². The van der Waals surface area contributed by atoms with E-state index in [4.69, 9.17) is 0 Å². The second-order valence-corrected chi connectivity index (χ2v) is 13.7. The molecule has 184 valence electrons. The zero-order valence-corrected chi connectivity index (χ0v) is 23.3. The van der Waals surface area contributed by atoms with Crippen molar-refractivity contribution in [2.75, 3.05) is 6.26 Å². The van der Waals surface area contributed by atoms with E-state index in [1.165, 1.54) is 74.8 Å². The molecule has 38 heavy (non-hydrogen) atoms. The topological polar surface area (TPSA) is 4.93 Å². The number of fused-ring (bicyclic) bond motifs is 9. The van der Waals surface area contributed by atoms with Gasteiger partial charge in [-0.25, -0.2) is 0 Å². The Bertz CT molecular complexity index is 2140. The molecular weight excluding hydrogens is 499 g/mol. The van der Waals surface area contributed by atoms with E-state index >= 15 is 0 Å². The Kier molecular flexibility index (Phi) is 4.52. The van der Waals surface area contributed by atoms with Crippen molar-refractivity contribution in [2.45, 2.75) is 24.2 Å². The highest BCUT2D eigenvalue weighted by atomic mass is 32.2. The second-order valence-electron chi connectivity index (χ2n) is 11.0. The third-order valence-electron chi connectivity index (χ3n) is 8.46. The molecule has 3 heteroatoms. The minimum absolute atomic E-state index is 0.0366. The molecule has 0 aliphatic heterocycles. The van der Waals surface area contributed by atoms with Crippen LogP contribution in [0.3, 0.4) is 0 Å². The summed E-state index contributed by atoms with van der Waals surface area (Å²) in [6, 6.07) is 36.2. The van der Waals surface area contributed by atoms with Crippen molar-refractivity contribution in [3.8, 4) is 16.8 Å². The van der Waals surface area contributed by atoms with Gasteiger partial charge in [0, 0.05) is 36.6 Å². The lowest BCUT2D eigenvalue weighted by Gasteiger charge is -2.21. The molecule has 5 aromatic carbocycles. The lowest BCUT2D eigenvalue weighted by molar-refractivity contribution is 0.661. The number of aromatic nitrogens is 1. The quantitative estimate of drug-likeness (QED) is 0.198. The van der Waals surface area contributed by atoms with Crippen molar-refractivity contribution >= 4 is 69.7 Å². The predicted molar refractivity (Wildman–Crippen MR) is 170 cm³/mol. The number of hydrogen-bond acceptors (Lipinski definition) is 1. The van der Waals surface area contributed by atoms with Crippen molar-refractivity contribution in [3.63, 3.8) is 0 Å². The largest absolute Gasteiger partial charge is 0.308 e. The van der Waals surface area contributed by atoms with Crippen molar-refractivity contribution in [1.29, 1.82) is 0 Å². The van der Waals surface area contributed by atoms with Crippen LogP contribution in [0.4, 0.5) is 0 Å². The van der Waals surface area contributed by atoms with Crippen LogP contribution in [0.2, 0.25) is 0 Å². The molecule has 0 radical (unpaired) electrons. The molecule has 7 aromatic rings. The molecule has 0 bridgehead atoms. The maximum Gasteiger partial charge on any atom is 0.0640 e. The molecule has 2 aromatic heterocycles. The molecule has 1 aliphatic carbocycles. The highest BCUT2D eigenvalue weighted by molar-refractivity contribution is 8.13. The summed E-state index contributed by atoms with van der Waals surface area (Å²) < 4.78 is 5.22. The minimum atomic E-state index is -0.0427. The number of nitrogens with zero attached hydrogens (tertiary/aromatic N) is 1. The minimum Gasteiger partial charge on any atom is -0.308 e. The van der Waals surface area contributed by atoms with Gasteiger partial charge in [-0.1, -0.05) is 86.4 Å². The summed E-state index contributed by atoms with van der Waals surface area (Å²) in [5.74, 6) is 4.38. The van der Waals surface area contributed by atoms with Crippen molar-refractivity contribution in [3.05, 3.63) is 108 Å². The molecule has 1 nitrogen and oxygen atoms in total. The Morgan fingerprint density at radius 3 is 2.21 bits per heavy atom. The van der Waals surface area contributed by atoms with Crippen LogP contribution < -0.4 is 0 Å². The molecule has 0 saturated heterocycles. The third-order valence-corrected chi connectivity index (χ3v) is 11.0. The second kappa shape index (κ2) is 7.69. The first kappa shape index (κ1) is 22.3. The highest BCUT2D eigenvalue weighted by Crippen LogP contribution is 2.51. The van der Waals surface area contributed by atoms with Crippen LogP contribution in [-0.2, 0) is 5.41 Å². The van der Waals surface area contributed by atoms with Crippen molar-refractivity contribution in [2.24, 2.45) is 0 Å². The molecule has 0 N–H and O–H groups in total. The normalized spacial score (nSPS) is 14.9. The number of hydrogen-bond donors (Lipinski definition) is 0. The summed E-state index contributed by atoms with van der Waals surface area (Å²) in [7, 11) is -0.0427. The average molecular weight is 526 g/mol. The van der Waals surface area contributed by atoms with Gasteiger partial charge >= 0.3 is 0 Å². The predicted octanol–water partition coefficient (Wildman–Crippen LogP) is 10.1. The number of benzene rings is 5. The molecule has 0 saturated carbocycles. The summed E-state index contributed by atoms with van der Waals surface area (Å²) in [4.78, 5) is 1.36. The van der Waals surface area contributed by atoms with Crippen molar-refractivity contribution < 1.29 is 0 Å². The van der Waals surface area contributed by atoms with E-state index in [0.717, 1.165) is 0 Å². The molecule has 0 amide bonds. The monoisotopic (exact) mass is 525 g/mol. The fourth-order valence-electron chi connectivity index (χ4n) is 6.65. The van der Waals surface area contributed by atoms with Crippen LogP contribution in [0.1, 0.15) is 25.0 Å². The average Bonchev–Trinajstić information content (AvgIpc) is 3.54. The highest BCUT2D eigenvalue weighted by Gasteiger charge is 2.36. The molecule has 2 heterocycles. The van der Waals surface area contributed by atoms with E-state index in [2.05, 4.69) is 128 Å². The van der Waals surface area contributed by atoms with Crippen LogP contribution in [0.5, 0.6) is 0 Å². The fourth-order valence-corrected chi connectivity index (χ4v) is 9.15. The first-order chi connectivity index (χ1) is 18.4. The van der Waals surface area contributed by atoms with Gasteiger partial charge in [-0.3, -0.25) is 0 Å². The summed E-state index contributed by atoms with van der Waals surface area (Å²) >= 11 is 1.92. The molecule has 1 aliphatic rings. The lowest BCUT2D eigenvalue weighted by atomic mass is 9.82. The maximum absolute atomic E-state index is 4.38. The summed E-state index contributed by atoms with van der Waals surface area (Å²) in [5.41, 5.74) is 9.33. The van der Waals surface area contributed by atoms with Crippen LogP contribution in [0, 0.1) is 0 Å². The molecule has 1 unspecified atom stereocenters. The molecule has 0 spiro atoms. The SMILES string of the molecule is C=S(C)c1cccc2c1sc1c(-n3c4ccccc4c4cc5c(cc43)C(C)(C)c3ccccc3-5)cccc12. The molecular formula is C35H27NS2. The van der Waals surface area contributed by atoms with Gasteiger partial charge in [-0.2, -0.15) is 10.5 Å². The van der Waals surface area contributed by atoms with Gasteiger partial charge in [0.05, 0.1) is 21.4 Å². The van der Waals surface area contributed by atoms with Crippen LogP contribution >= 0.6 is 21.8 Å². The van der Waals surface area contributed by atoms with E-state index in [9.17, 15) is 0 Å². The number of para-hydroxylation sites is 1. The van der Waals surface area contributed by atoms with Crippen LogP contribution in [0.15, 0.2) is 102 Å². The summed E-state index contributed by atoms with van der Waals surface area (Å²) in [5, 5.41) is 5.29. The Morgan fingerprint density at radius 2 is 1.37 bits per heavy atom. The number of rotatable bonds is 2. The Labute approximate surface area is 228 Å². The zero-order valence-electron chi connectivity index (χ0n) is 21.7. The Balaban J connectivity index is 1.52. The van der Waals surface area contributed by atoms with Gasteiger partial charge < -0.3 is 4.57 Å². The van der Waals surface area contributed by atoms with E-state index in [1.54, 1.807) is 0 Å². The fraction of sp³-hybridized carbons (Fsp3) is 0.114. The smallest absolute Gasteiger partial charge is 0.0640 e. The zero-order chi connectivity index (χ0) is 25.8. The van der Waals surface area contributed by atoms with E-state index in [0.29, 0.717) is 0 Å². The number of thiophene rings is 1. The summed E-state index contributed by atoms with van der Waals surface area (Å²) in [6.45, 7) is 4.73. The van der Waals surface area contributed by atoms with E-state index < -0.39 is 0 Å². The first-order valence-electron chi connectivity index (χ1n) is 13.0. The third kappa shape index (κ3) is 2.81. The molecule has 8 rings (SSSR count). The standard InChI is InChI=1S/C35H27NS2/c1-35(2)27-15-7-5-11-21(27)25-19-26-22-12-6-8-16-29(22)36(31(26)20-28(25)35)30-17-9-13-23-24-14-10-18-32(38(3)4)34(24)37-33(23)30/h5-20H,3H2,1-2,4H3. The van der Waals surface area contributed by atoms with Crippen molar-refractivity contribution in [1.82, 2.24) is 4.57 Å². The van der Waals surface area contributed by atoms with Gasteiger partial charge in [0.2, 0.25) is 0 Å². The Hall–Kier alpha value is -3.66. The van der Waals surface area contributed by atoms with Crippen LogP contribution in [0.25, 0.3) is 58.8 Å². The van der Waals surface area contributed by atoms with Gasteiger partial charge in [-0.05, 0) is 58.8 Å². The molecule has 0 fully saturated rings. The van der Waals surface area contributed by atoms with E-state index in [1.807, 2.05) is 11.3 Å². The summed E-state index contributed by atoms with van der Waals surface area (Å²) in [6.07, 6.45) is 2.22. The van der Waals surface area contributed by atoms with E-state index in [-0.39, 0.29) is 15.9 Å². The maximum atomic E-state index is 4.38. The van der Waals surface area contributed by atoms with Crippen LogP contribution in [-0.4, -0.2) is 16.7 Å². The van der Waals surface area contributed by atoms with Gasteiger partial charge in [0.1, 0.15) is 0 Å². The molecule has 1 atom stereocenters. The van der Waals surface area contributed by atoms with Gasteiger partial charge in [0.25, 0.3) is 0 Å². The van der Waals surface area contributed by atoms with Gasteiger partial charge in [0.15, 0.2) is 0 Å². The first-order valence-corrected chi connectivity index (χ1v) is 15.6. The lowest BCUT2D eigenvalue weighted by Crippen LogP contribution is -2.14. The Morgan fingerprint density at radius 1 is 0.658 bits per heavy atom.